The molecule has 0 spiro atoms. The van der Waals surface area contributed by atoms with Crippen molar-refractivity contribution in [1.82, 2.24) is 4.98 Å². The number of rotatable bonds is 1. The third-order valence-corrected chi connectivity index (χ3v) is 2.23. The summed E-state index contributed by atoms with van der Waals surface area (Å²) in [6.45, 7) is 0. The largest absolute Gasteiger partial charge is 0.398 e. The highest BCUT2D eigenvalue weighted by Crippen LogP contribution is 2.27. The van der Waals surface area contributed by atoms with E-state index in [0.717, 1.165) is 22.3 Å². The zero-order chi connectivity index (χ0) is 10.1. The van der Waals surface area contributed by atoms with E-state index < -0.39 is 0 Å². The van der Waals surface area contributed by atoms with E-state index in [9.17, 15) is 0 Å². The zero-order valence-electron chi connectivity index (χ0n) is 8.36. The Labute approximate surface area is 83.2 Å². The summed E-state index contributed by atoms with van der Waals surface area (Å²) in [5.74, 6) is 0.917. The maximum absolute atomic E-state index is 5.93. The molecular weight excluding hydrogens is 174 g/mol. The number of aromatic nitrogens is 1. The molecule has 0 bridgehead atoms. The van der Waals surface area contributed by atoms with E-state index in [1.165, 1.54) is 0 Å². The van der Waals surface area contributed by atoms with E-state index >= 15 is 0 Å². The summed E-state index contributed by atoms with van der Waals surface area (Å²) in [4.78, 5) is 6.28. The molecule has 0 fully saturated rings. The van der Waals surface area contributed by atoms with Crippen LogP contribution in [0.4, 0.5) is 11.5 Å². The molecule has 3 heteroatoms. The summed E-state index contributed by atoms with van der Waals surface area (Å²) < 4.78 is 0. The van der Waals surface area contributed by atoms with Gasteiger partial charge in [0.2, 0.25) is 0 Å². The minimum absolute atomic E-state index is 0.777. The number of nitrogens with zero attached hydrogens (tertiary/aromatic N) is 2. The Kier molecular flexibility index (Phi) is 2.00. The van der Waals surface area contributed by atoms with Gasteiger partial charge in [0, 0.05) is 31.4 Å². The van der Waals surface area contributed by atoms with Gasteiger partial charge in [0.1, 0.15) is 5.82 Å². The second kappa shape index (κ2) is 3.18. The van der Waals surface area contributed by atoms with Crippen LogP contribution in [-0.2, 0) is 0 Å². The van der Waals surface area contributed by atoms with Gasteiger partial charge >= 0.3 is 0 Å². The third kappa shape index (κ3) is 1.27. The molecule has 0 aliphatic rings. The van der Waals surface area contributed by atoms with E-state index in [1.54, 1.807) is 6.20 Å². The molecule has 2 N–H and O–H groups in total. The minimum atomic E-state index is 0.777. The lowest BCUT2D eigenvalue weighted by molar-refractivity contribution is 1.08. The van der Waals surface area contributed by atoms with Gasteiger partial charge in [-0.05, 0) is 17.5 Å². The fourth-order valence-corrected chi connectivity index (χ4v) is 1.58. The van der Waals surface area contributed by atoms with Crippen molar-refractivity contribution in [2.75, 3.05) is 24.7 Å². The molecule has 0 saturated carbocycles. The maximum Gasteiger partial charge on any atom is 0.137 e. The van der Waals surface area contributed by atoms with Crippen molar-refractivity contribution in [3.8, 4) is 0 Å². The Bertz CT molecular complexity index is 458. The number of hydrogen-bond acceptors (Lipinski definition) is 3. The van der Waals surface area contributed by atoms with E-state index in [1.807, 2.05) is 43.3 Å². The number of benzene rings is 1. The van der Waals surface area contributed by atoms with Crippen LogP contribution in [0.3, 0.4) is 0 Å². The second-order valence-corrected chi connectivity index (χ2v) is 3.47. The normalized spacial score (nSPS) is 10.4. The number of pyridine rings is 1. The summed E-state index contributed by atoms with van der Waals surface area (Å²) in [5, 5.41) is 2.16. The van der Waals surface area contributed by atoms with Gasteiger partial charge in [-0.25, -0.2) is 4.98 Å². The fraction of sp³-hybridized carbons (Fsp3) is 0.182. The second-order valence-electron chi connectivity index (χ2n) is 3.47. The first kappa shape index (κ1) is 8.81. The number of nitrogens with two attached hydrogens (primary N) is 1. The van der Waals surface area contributed by atoms with Crippen LogP contribution in [0.2, 0.25) is 0 Å². The minimum Gasteiger partial charge on any atom is -0.398 e. The quantitative estimate of drug-likeness (QED) is 0.693. The standard InChI is InChI=1S/C11H13N3/c1-14(2)11-10-8(6-7-13-11)4-3-5-9(10)12/h3-7H,12H2,1-2H3. The molecule has 0 aliphatic carbocycles. The Hall–Kier alpha value is -1.77. The lowest BCUT2D eigenvalue weighted by atomic mass is 10.1. The van der Waals surface area contributed by atoms with Crippen molar-refractivity contribution in [2.45, 2.75) is 0 Å². The smallest absolute Gasteiger partial charge is 0.137 e. The van der Waals surface area contributed by atoms with Crippen molar-refractivity contribution >= 4 is 22.3 Å². The predicted octanol–water partition coefficient (Wildman–Crippen LogP) is 1.88. The highest BCUT2D eigenvalue weighted by molar-refractivity contribution is 6.00. The number of anilines is 2. The van der Waals surface area contributed by atoms with Crippen molar-refractivity contribution < 1.29 is 0 Å². The van der Waals surface area contributed by atoms with Gasteiger partial charge in [-0.1, -0.05) is 12.1 Å². The van der Waals surface area contributed by atoms with Gasteiger partial charge in [0.05, 0.1) is 0 Å². The van der Waals surface area contributed by atoms with Crippen LogP contribution < -0.4 is 10.6 Å². The first-order chi connectivity index (χ1) is 6.70. The molecule has 3 nitrogen and oxygen atoms in total. The van der Waals surface area contributed by atoms with Crippen LogP contribution in [-0.4, -0.2) is 19.1 Å². The molecule has 0 atom stereocenters. The molecule has 1 heterocycles. The van der Waals surface area contributed by atoms with Crippen LogP contribution >= 0.6 is 0 Å². The van der Waals surface area contributed by atoms with Crippen LogP contribution in [0.5, 0.6) is 0 Å². The first-order valence-electron chi connectivity index (χ1n) is 4.50. The number of fused-ring (bicyclic) bond motifs is 1. The van der Waals surface area contributed by atoms with Gasteiger partial charge in [0.15, 0.2) is 0 Å². The van der Waals surface area contributed by atoms with E-state index in [2.05, 4.69) is 4.98 Å². The molecule has 72 valence electrons. The highest BCUT2D eigenvalue weighted by Gasteiger charge is 2.06. The Morgan fingerprint density at radius 2 is 2.00 bits per heavy atom. The summed E-state index contributed by atoms with van der Waals surface area (Å²) >= 11 is 0. The summed E-state index contributed by atoms with van der Waals surface area (Å²) in [6, 6.07) is 7.87. The first-order valence-corrected chi connectivity index (χ1v) is 4.50. The van der Waals surface area contributed by atoms with Gasteiger partial charge in [-0.3, -0.25) is 0 Å². The molecule has 0 unspecified atom stereocenters. The van der Waals surface area contributed by atoms with Crippen molar-refractivity contribution in [2.24, 2.45) is 0 Å². The lowest BCUT2D eigenvalue weighted by Gasteiger charge is -2.14. The van der Waals surface area contributed by atoms with Gasteiger partial charge < -0.3 is 10.6 Å². The van der Waals surface area contributed by atoms with Crippen LogP contribution in [0.25, 0.3) is 10.8 Å². The predicted molar refractivity (Wildman–Crippen MR) is 60.5 cm³/mol. The van der Waals surface area contributed by atoms with Gasteiger partial charge in [-0.15, -0.1) is 0 Å². The molecule has 1 aromatic carbocycles. The molecule has 2 aromatic rings. The summed E-state index contributed by atoms with van der Waals surface area (Å²) in [7, 11) is 3.93. The summed E-state index contributed by atoms with van der Waals surface area (Å²) in [5.41, 5.74) is 6.71. The third-order valence-electron chi connectivity index (χ3n) is 2.23. The van der Waals surface area contributed by atoms with Gasteiger partial charge in [-0.2, -0.15) is 0 Å². The van der Waals surface area contributed by atoms with Crippen LogP contribution in [0.15, 0.2) is 30.5 Å². The van der Waals surface area contributed by atoms with E-state index in [0.29, 0.717) is 0 Å². The van der Waals surface area contributed by atoms with Crippen molar-refractivity contribution in [3.05, 3.63) is 30.5 Å². The topological polar surface area (TPSA) is 42.2 Å². The molecule has 0 amide bonds. The van der Waals surface area contributed by atoms with Crippen molar-refractivity contribution in [1.29, 1.82) is 0 Å². The molecule has 2 rings (SSSR count). The molecule has 1 aromatic heterocycles. The molecule has 0 radical (unpaired) electrons. The SMILES string of the molecule is CN(C)c1nccc2cccc(N)c12. The Morgan fingerprint density at radius 3 is 2.71 bits per heavy atom. The zero-order valence-corrected chi connectivity index (χ0v) is 8.36. The average molecular weight is 187 g/mol. The van der Waals surface area contributed by atoms with Crippen molar-refractivity contribution in [3.63, 3.8) is 0 Å². The average Bonchev–Trinajstić information content (AvgIpc) is 2.17. The number of nitrogen functional groups attached to an aromatic ring is 1. The van der Waals surface area contributed by atoms with Crippen LogP contribution in [0.1, 0.15) is 0 Å². The molecular formula is C11H13N3. The maximum atomic E-state index is 5.93. The lowest BCUT2D eigenvalue weighted by Crippen LogP contribution is -2.11. The molecule has 0 aliphatic heterocycles. The Morgan fingerprint density at radius 1 is 1.21 bits per heavy atom. The van der Waals surface area contributed by atoms with Gasteiger partial charge in [0.25, 0.3) is 0 Å². The fourth-order valence-electron chi connectivity index (χ4n) is 1.58. The summed E-state index contributed by atoms with van der Waals surface area (Å²) in [6.07, 6.45) is 1.80. The van der Waals surface area contributed by atoms with Crippen LogP contribution in [0, 0.1) is 0 Å². The molecule has 0 saturated heterocycles. The highest BCUT2D eigenvalue weighted by atomic mass is 15.1. The monoisotopic (exact) mass is 187 g/mol. The molecule has 14 heavy (non-hydrogen) atoms. The number of hydrogen-bond donors (Lipinski definition) is 1. The Balaban J connectivity index is 2.84. The van der Waals surface area contributed by atoms with E-state index in [4.69, 9.17) is 5.73 Å². The van der Waals surface area contributed by atoms with E-state index in [-0.39, 0.29) is 0 Å².